The second-order valence-corrected chi connectivity index (χ2v) is 8.58. The van der Waals surface area contributed by atoms with Crippen LogP contribution in [0.3, 0.4) is 0 Å². The Morgan fingerprint density at radius 2 is 1.93 bits per heavy atom. The molecule has 0 bridgehead atoms. The molecule has 1 unspecified atom stereocenters. The molecule has 1 aliphatic heterocycles. The quantitative estimate of drug-likeness (QED) is 0.789. The Morgan fingerprint density at radius 3 is 2.59 bits per heavy atom. The van der Waals surface area contributed by atoms with Crippen molar-refractivity contribution in [3.8, 4) is 0 Å². The number of primary amides is 1. The third kappa shape index (κ3) is 4.22. The molecule has 0 fully saturated rings. The van der Waals surface area contributed by atoms with Gasteiger partial charge in [-0.25, -0.2) is 0 Å². The molecule has 0 saturated carbocycles. The number of rotatable bonds is 5. The zero-order valence-corrected chi connectivity index (χ0v) is 17.0. The molecule has 6 nitrogen and oxygen atoms in total. The largest absolute Gasteiger partial charge is 0.370 e. The molecule has 29 heavy (non-hydrogen) atoms. The topological polar surface area (TPSA) is 89.7 Å². The van der Waals surface area contributed by atoms with E-state index in [1.54, 1.807) is 29.2 Å². The number of hydrogen-bond acceptors (Lipinski definition) is 4. The zero-order chi connectivity index (χ0) is 21.2. The van der Waals surface area contributed by atoms with Gasteiger partial charge >= 0.3 is 0 Å². The molecule has 0 radical (unpaired) electrons. The van der Waals surface area contributed by atoms with Gasteiger partial charge in [0.25, 0.3) is 5.91 Å². The number of anilines is 1. The molecule has 0 saturated heterocycles. The van der Waals surface area contributed by atoms with Crippen LogP contribution in [0.2, 0.25) is 0 Å². The molecule has 152 valence electrons. The van der Waals surface area contributed by atoms with Gasteiger partial charge in [-0.1, -0.05) is 57.2 Å². The molecule has 2 aromatic rings. The average Bonchev–Trinajstić information content (AvgIpc) is 2.78. The highest BCUT2D eigenvalue weighted by atomic mass is 16.5. The maximum atomic E-state index is 13.9. The van der Waals surface area contributed by atoms with E-state index in [0.717, 1.165) is 11.3 Å². The van der Waals surface area contributed by atoms with Gasteiger partial charge in [0, 0.05) is 23.4 Å². The number of carbonyl (C=O) groups excluding carboxylic acids is 3. The highest BCUT2D eigenvalue weighted by Gasteiger charge is 2.48. The van der Waals surface area contributed by atoms with Crippen molar-refractivity contribution in [2.24, 2.45) is 11.1 Å². The van der Waals surface area contributed by atoms with Crippen molar-refractivity contribution in [1.29, 1.82) is 0 Å². The fourth-order valence-corrected chi connectivity index (χ4v) is 3.66. The molecular formula is C23H26N2O4. The number of aldehydes is 1. The Bertz CT molecular complexity index is 948. The molecule has 1 heterocycles. The first-order valence-electron chi connectivity index (χ1n) is 9.54. The van der Waals surface area contributed by atoms with Gasteiger partial charge < -0.3 is 15.4 Å². The molecule has 0 spiro atoms. The molecule has 2 amide bonds. The van der Waals surface area contributed by atoms with Crippen LogP contribution in [0.1, 0.15) is 48.7 Å². The van der Waals surface area contributed by atoms with E-state index in [-0.39, 0.29) is 24.3 Å². The predicted molar refractivity (Wildman–Crippen MR) is 110 cm³/mol. The van der Waals surface area contributed by atoms with Gasteiger partial charge in [0.1, 0.15) is 6.29 Å². The number of fused-ring (bicyclic) bond motifs is 1. The summed E-state index contributed by atoms with van der Waals surface area (Å²) in [6.07, 6.45) is 0.382. The molecular weight excluding hydrogens is 368 g/mol. The van der Waals surface area contributed by atoms with Crippen molar-refractivity contribution in [2.45, 2.75) is 39.4 Å². The predicted octanol–water partition coefficient (Wildman–Crippen LogP) is 3.18. The molecule has 2 aromatic carbocycles. The standard InChI is InChI=1S/C23H26N2O4/c1-22(2,3)15-25-19-10-5-4-8-17(19)14-29-23(21(25)28,12-20(24)27)18-9-6-7-16(11-18)13-26/h4-11,13H,12,14-15H2,1-3H3,(H2,24,27). The van der Waals surface area contributed by atoms with E-state index >= 15 is 0 Å². The lowest BCUT2D eigenvalue weighted by molar-refractivity contribution is -0.152. The van der Waals surface area contributed by atoms with Gasteiger partial charge in [-0.15, -0.1) is 0 Å². The van der Waals surface area contributed by atoms with E-state index in [2.05, 4.69) is 0 Å². The summed E-state index contributed by atoms with van der Waals surface area (Å²) >= 11 is 0. The zero-order valence-electron chi connectivity index (χ0n) is 17.0. The minimum atomic E-state index is -1.60. The van der Waals surface area contributed by atoms with Crippen LogP contribution in [-0.2, 0) is 26.5 Å². The van der Waals surface area contributed by atoms with Crippen LogP contribution in [0.5, 0.6) is 0 Å². The van der Waals surface area contributed by atoms with Crippen molar-refractivity contribution >= 4 is 23.8 Å². The molecule has 1 atom stereocenters. The molecule has 3 rings (SSSR count). The Kier molecular flexibility index (Phi) is 5.57. The van der Waals surface area contributed by atoms with Crippen LogP contribution in [-0.4, -0.2) is 24.6 Å². The number of amides is 2. The van der Waals surface area contributed by atoms with Gasteiger partial charge in [-0.05, 0) is 23.1 Å². The third-order valence-electron chi connectivity index (χ3n) is 4.89. The maximum Gasteiger partial charge on any atom is 0.264 e. The van der Waals surface area contributed by atoms with Gasteiger partial charge in [0.15, 0.2) is 5.60 Å². The number of nitrogens with two attached hydrogens (primary N) is 1. The van der Waals surface area contributed by atoms with Gasteiger partial charge in [0.05, 0.1) is 13.0 Å². The molecule has 6 heteroatoms. The van der Waals surface area contributed by atoms with Crippen molar-refractivity contribution in [2.75, 3.05) is 11.4 Å². The lowest BCUT2D eigenvalue weighted by Crippen LogP contribution is -2.51. The van der Waals surface area contributed by atoms with Gasteiger partial charge in [-0.3, -0.25) is 14.4 Å². The van der Waals surface area contributed by atoms with Crippen LogP contribution < -0.4 is 10.6 Å². The number of hydrogen-bond donors (Lipinski definition) is 1. The highest BCUT2D eigenvalue weighted by Crippen LogP contribution is 2.40. The SMILES string of the molecule is CC(C)(C)CN1C(=O)C(CC(N)=O)(c2cccc(C=O)c2)OCc2ccccc21. The minimum absolute atomic E-state index is 0.140. The fraction of sp³-hybridized carbons (Fsp3) is 0.348. The number of benzene rings is 2. The maximum absolute atomic E-state index is 13.9. The van der Waals surface area contributed by atoms with Crippen LogP contribution in [0.15, 0.2) is 48.5 Å². The van der Waals surface area contributed by atoms with Crippen molar-refractivity contribution in [3.63, 3.8) is 0 Å². The summed E-state index contributed by atoms with van der Waals surface area (Å²) in [5, 5.41) is 0. The Labute approximate surface area is 170 Å². The number of para-hydroxylation sites is 1. The summed E-state index contributed by atoms with van der Waals surface area (Å²) in [4.78, 5) is 39.0. The smallest absolute Gasteiger partial charge is 0.264 e. The van der Waals surface area contributed by atoms with Crippen LogP contribution >= 0.6 is 0 Å². The molecule has 1 aliphatic rings. The monoisotopic (exact) mass is 394 g/mol. The second-order valence-electron chi connectivity index (χ2n) is 8.58. The van der Waals surface area contributed by atoms with Crippen molar-refractivity contribution in [1.82, 2.24) is 0 Å². The summed E-state index contributed by atoms with van der Waals surface area (Å²) < 4.78 is 6.16. The van der Waals surface area contributed by atoms with Crippen LogP contribution in [0.25, 0.3) is 0 Å². The van der Waals surface area contributed by atoms with Crippen LogP contribution in [0, 0.1) is 5.41 Å². The normalized spacial score (nSPS) is 19.4. The number of carbonyl (C=O) groups is 3. The lowest BCUT2D eigenvalue weighted by Gasteiger charge is -2.37. The first-order chi connectivity index (χ1) is 13.7. The summed E-state index contributed by atoms with van der Waals surface area (Å²) in [5.41, 5.74) is 6.19. The lowest BCUT2D eigenvalue weighted by atomic mass is 9.86. The second kappa shape index (κ2) is 7.79. The van der Waals surface area contributed by atoms with Crippen molar-refractivity contribution < 1.29 is 19.1 Å². The molecule has 0 aromatic heterocycles. The number of ether oxygens (including phenoxy) is 1. The summed E-state index contributed by atoms with van der Waals surface area (Å²) in [5.74, 6) is -1.02. The Balaban J connectivity index is 2.22. The first-order valence-corrected chi connectivity index (χ1v) is 9.54. The average molecular weight is 394 g/mol. The molecule has 2 N–H and O–H groups in total. The minimum Gasteiger partial charge on any atom is -0.370 e. The van der Waals surface area contributed by atoms with E-state index in [9.17, 15) is 14.4 Å². The van der Waals surface area contributed by atoms with Crippen molar-refractivity contribution in [3.05, 3.63) is 65.2 Å². The summed E-state index contributed by atoms with van der Waals surface area (Å²) in [6.45, 7) is 6.69. The van der Waals surface area contributed by atoms with E-state index < -0.39 is 11.5 Å². The van der Waals surface area contributed by atoms with E-state index in [1.807, 2.05) is 45.0 Å². The molecule has 0 aliphatic carbocycles. The van der Waals surface area contributed by atoms with Gasteiger partial charge in [-0.2, -0.15) is 0 Å². The first kappa shape index (κ1) is 20.7. The Morgan fingerprint density at radius 1 is 1.21 bits per heavy atom. The van der Waals surface area contributed by atoms with E-state index in [0.29, 0.717) is 24.0 Å². The number of nitrogens with zero attached hydrogens (tertiary/aromatic N) is 1. The Hall–Kier alpha value is -2.99. The fourth-order valence-electron chi connectivity index (χ4n) is 3.66. The van der Waals surface area contributed by atoms with E-state index in [1.165, 1.54) is 0 Å². The highest BCUT2D eigenvalue weighted by molar-refractivity contribution is 6.03. The summed E-state index contributed by atoms with van der Waals surface area (Å²) in [6, 6.07) is 14.1. The van der Waals surface area contributed by atoms with E-state index in [4.69, 9.17) is 10.5 Å². The van der Waals surface area contributed by atoms with Crippen LogP contribution in [0.4, 0.5) is 5.69 Å². The third-order valence-corrected chi connectivity index (χ3v) is 4.89. The summed E-state index contributed by atoms with van der Waals surface area (Å²) in [7, 11) is 0. The van der Waals surface area contributed by atoms with Gasteiger partial charge in [0.2, 0.25) is 5.91 Å².